The third kappa shape index (κ3) is 5.57. The van der Waals surface area contributed by atoms with Gasteiger partial charge in [0.25, 0.3) is 0 Å². The Morgan fingerprint density at radius 2 is 2.00 bits per heavy atom. The Kier molecular flexibility index (Phi) is 5.58. The lowest BCUT2D eigenvalue weighted by Crippen LogP contribution is -2.52. The molecule has 0 aromatic carbocycles. The Morgan fingerprint density at radius 1 is 1.47 bits per heavy atom. The topological polar surface area (TPSA) is 41.1 Å². The summed E-state index contributed by atoms with van der Waals surface area (Å²) in [5, 5.41) is 6.15. The molecule has 1 amide bonds. The van der Waals surface area contributed by atoms with E-state index < -0.39 is 0 Å². The molecular weight excluding hydrogens is 188 g/mol. The van der Waals surface area contributed by atoms with Crippen molar-refractivity contribution in [3.63, 3.8) is 0 Å². The maximum Gasteiger partial charge on any atom is 0.237 e. The highest BCUT2D eigenvalue weighted by Gasteiger charge is 2.21. The summed E-state index contributed by atoms with van der Waals surface area (Å²) in [5.74, 6) is 0.0375. The van der Waals surface area contributed by atoms with Crippen molar-refractivity contribution in [3.8, 4) is 0 Å². The van der Waals surface area contributed by atoms with Crippen LogP contribution in [0, 0.1) is 0 Å². The van der Waals surface area contributed by atoms with Crippen LogP contribution in [0.5, 0.6) is 0 Å². The van der Waals surface area contributed by atoms with E-state index in [1.54, 1.807) is 6.08 Å². The second-order valence-corrected chi connectivity index (χ2v) is 4.64. The zero-order chi connectivity index (χ0) is 12.1. The van der Waals surface area contributed by atoms with Crippen molar-refractivity contribution in [1.29, 1.82) is 0 Å². The molecule has 3 heteroatoms. The Morgan fingerprint density at radius 3 is 2.40 bits per heavy atom. The van der Waals surface area contributed by atoms with Crippen molar-refractivity contribution in [2.24, 2.45) is 0 Å². The molecule has 0 aliphatic carbocycles. The Labute approximate surface area is 93.3 Å². The summed E-state index contributed by atoms with van der Waals surface area (Å²) < 4.78 is 0. The van der Waals surface area contributed by atoms with Crippen LogP contribution >= 0.6 is 0 Å². The molecule has 88 valence electrons. The number of rotatable bonds is 6. The van der Waals surface area contributed by atoms with Gasteiger partial charge in [-0.1, -0.05) is 13.0 Å². The minimum atomic E-state index is -0.191. The van der Waals surface area contributed by atoms with Crippen LogP contribution in [0.4, 0.5) is 0 Å². The predicted molar refractivity (Wildman–Crippen MR) is 64.8 cm³/mol. The highest BCUT2D eigenvalue weighted by molar-refractivity contribution is 5.82. The van der Waals surface area contributed by atoms with E-state index in [1.165, 1.54) is 0 Å². The molecule has 0 aromatic heterocycles. The lowest BCUT2D eigenvalue weighted by molar-refractivity contribution is -0.124. The standard InChI is InChI=1S/C12H24N2O/c1-7-9(3)13-10(4)11(15)14-12(5,6)8-2/h7,9-10,13H,1,8H2,2-6H3,(H,14,15). The molecule has 0 spiro atoms. The van der Waals surface area contributed by atoms with Gasteiger partial charge in [-0.25, -0.2) is 0 Å². The zero-order valence-electron chi connectivity index (χ0n) is 10.6. The summed E-state index contributed by atoms with van der Waals surface area (Å²) in [4.78, 5) is 11.8. The molecule has 0 rings (SSSR count). The molecule has 15 heavy (non-hydrogen) atoms. The van der Waals surface area contributed by atoms with Crippen LogP contribution in [0.3, 0.4) is 0 Å². The number of nitrogens with one attached hydrogen (secondary N) is 2. The van der Waals surface area contributed by atoms with Crippen LogP contribution < -0.4 is 10.6 Å². The van der Waals surface area contributed by atoms with Crippen molar-refractivity contribution < 1.29 is 4.79 Å². The fourth-order valence-electron chi connectivity index (χ4n) is 1.07. The van der Waals surface area contributed by atoms with Gasteiger partial charge in [-0.05, 0) is 34.1 Å². The number of amides is 1. The maximum atomic E-state index is 11.8. The molecule has 0 radical (unpaired) electrons. The highest BCUT2D eigenvalue weighted by atomic mass is 16.2. The molecule has 2 N–H and O–H groups in total. The number of hydrogen-bond donors (Lipinski definition) is 2. The van der Waals surface area contributed by atoms with E-state index in [4.69, 9.17) is 0 Å². The molecule has 2 unspecified atom stereocenters. The van der Waals surface area contributed by atoms with Gasteiger partial charge in [-0.3, -0.25) is 4.79 Å². The minimum Gasteiger partial charge on any atom is -0.350 e. The fourth-order valence-corrected chi connectivity index (χ4v) is 1.07. The van der Waals surface area contributed by atoms with Crippen molar-refractivity contribution in [3.05, 3.63) is 12.7 Å². The van der Waals surface area contributed by atoms with Crippen LogP contribution in [0.2, 0.25) is 0 Å². The fraction of sp³-hybridized carbons (Fsp3) is 0.750. The van der Waals surface area contributed by atoms with Crippen molar-refractivity contribution in [1.82, 2.24) is 10.6 Å². The molecule has 0 aliphatic heterocycles. The first-order valence-corrected chi connectivity index (χ1v) is 5.53. The minimum absolute atomic E-state index is 0.0375. The van der Waals surface area contributed by atoms with Gasteiger partial charge in [-0.2, -0.15) is 0 Å². The molecule has 0 saturated carbocycles. The van der Waals surface area contributed by atoms with E-state index in [-0.39, 0.29) is 23.5 Å². The highest BCUT2D eigenvalue weighted by Crippen LogP contribution is 2.07. The van der Waals surface area contributed by atoms with Gasteiger partial charge in [0.2, 0.25) is 5.91 Å². The van der Waals surface area contributed by atoms with Crippen LogP contribution in [-0.4, -0.2) is 23.5 Å². The molecule has 0 saturated heterocycles. The third-order valence-electron chi connectivity index (χ3n) is 2.61. The molecule has 0 bridgehead atoms. The molecule has 0 fully saturated rings. The monoisotopic (exact) mass is 212 g/mol. The Hall–Kier alpha value is -0.830. The van der Waals surface area contributed by atoms with E-state index >= 15 is 0 Å². The molecular formula is C12H24N2O. The summed E-state index contributed by atoms with van der Waals surface area (Å²) in [6, 6.07) is -0.0423. The number of hydrogen-bond acceptors (Lipinski definition) is 2. The van der Waals surface area contributed by atoms with Gasteiger partial charge in [0.15, 0.2) is 0 Å². The number of carbonyl (C=O) groups is 1. The van der Waals surface area contributed by atoms with Gasteiger partial charge in [0, 0.05) is 11.6 Å². The predicted octanol–water partition coefficient (Wildman–Crippen LogP) is 1.84. The normalized spacial score (nSPS) is 15.5. The van der Waals surface area contributed by atoms with Gasteiger partial charge in [-0.15, -0.1) is 6.58 Å². The van der Waals surface area contributed by atoms with E-state index in [9.17, 15) is 4.79 Å². The first kappa shape index (κ1) is 14.2. The van der Waals surface area contributed by atoms with Gasteiger partial charge in [0.1, 0.15) is 0 Å². The van der Waals surface area contributed by atoms with Crippen molar-refractivity contribution >= 4 is 5.91 Å². The van der Waals surface area contributed by atoms with Crippen molar-refractivity contribution in [2.75, 3.05) is 0 Å². The molecule has 0 aromatic rings. The second kappa shape index (κ2) is 5.91. The van der Waals surface area contributed by atoms with E-state index in [1.807, 2.05) is 27.7 Å². The molecule has 2 atom stereocenters. The third-order valence-corrected chi connectivity index (χ3v) is 2.61. The first-order chi connectivity index (χ1) is 6.82. The average molecular weight is 212 g/mol. The van der Waals surface area contributed by atoms with Gasteiger partial charge < -0.3 is 10.6 Å². The number of carbonyl (C=O) groups excluding carboxylic acids is 1. The SMILES string of the molecule is C=CC(C)NC(C)C(=O)NC(C)(C)CC. The van der Waals surface area contributed by atoms with Gasteiger partial charge >= 0.3 is 0 Å². The van der Waals surface area contributed by atoms with Crippen molar-refractivity contribution in [2.45, 2.75) is 58.7 Å². The zero-order valence-corrected chi connectivity index (χ0v) is 10.6. The lowest BCUT2D eigenvalue weighted by Gasteiger charge is -2.27. The van der Waals surface area contributed by atoms with Crippen LogP contribution in [0.1, 0.15) is 41.0 Å². The summed E-state index contributed by atoms with van der Waals surface area (Å²) in [6.45, 7) is 13.6. The summed E-state index contributed by atoms with van der Waals surface area (Å²) >= 11 is 0. The van der Waals surface area contributed by atoms with E-state index in [2.05, 4.69) is 24.1 Å². The van der Waals surface area contributed by atoms with E-state index in [0.717, 1.165) is 6.42 Å². The Balaban J connectivity index is 4.16. The molecule has 3 nitrogen and oxygen atoms in total. The molecule has 0 aliphatic rings. The largest absolute Gasteiger partial charge is 0.350 e. The lowest BCUT2D eigenvalue weighted by atomic mass is 10.0. The first-order valence-electron chi connectivity index (χ1n) is 5.53. The average Bonchev–Trinajstić information content (AvgIpc) is 2.16. The van der Waals surface area contributed by atoms with E-state index in [0.29, 0.717) is 0 Å². The summed E-state index contributed by atoms with van der Waals surface area (Å²) in [7, 11) is 0. The second-order valence-electron chi connectivity index (χ2n) is 4.64. The van der Waals surface area contributed by atoms with Gasteiger partial charge in [0.05, 0.1) is 6.04 Å². The maximum absolute atomic E-state index is 11.8. The Bertz CT molecular complexity index is 224. The quantitative estimate of drug-likeness (QED) is 0.660. The summed E-state index contributed by atoms with van der Waals surface area (Å²) in [6.07, 6.45) is 2.71. The smallest absolute Gasteiger partial charge is 0.237 e. The summed E-state index contributed by atoms with van der Waals surface area (Å²) in [5.41, 5.74) is -0.134. The van der Waals surface area contributed by atoms with Crippen LogP contribution in [0.15, 0.2) is 12.7 Å². The van der Waals surface area contributed by atoms with Crippen LogP contribution in [0.25, 0.3) is 0 Å². The molecule has 0 heterocycles. The van der Waals surface area contributed by atoms with Crippen LogP contribution in [-0.2, 0) is 4.79 Å².